The Kier molecular flexibility index (Phi) is 6.59. The van der Waals surface area contributed by atoms with Crippen molar-refractivity contribution in [2.24, 2.45) is 5.41 Å². The minimum absolute atomic E-state index is 0.0410. The van der Waals surface area contributed by atoms with Gasteiger partial charge in [-0.05, 0) is 18.4 Å². The molecule has 0 aromatic heterocycles. The van der Waals surface area contributed by atoms with Crippen LogP contribution in [-0.2, 0) is 26.1 Å². The van der Waals surface area contributed by atoms with Crippen LogP contribution in [0.2, 0.25) is 0 Å². The third-order valence-corrected chi connectivity index (χ3v) is 7.61. The average Bonchev–Trinajstić information content (AvgIpc) is 2.71. The number of fused-ring (bicyclic) bond motifs is 1. The smallest absolute Gasteiger partial charge is 0.410 e. The lowest BCUT2D eigenvalue weighted by atomic mass is 9.73. The van der Waals surface area contributed by atoms with E-state index in [4.69, 9.17) is 9.47 Å². The van der Waals surface area contributed by atoms with Gasteiger partial charge in [0.2, 0.25) is 10.0 Å². The van der Waals surface area contributed by atoms with Crippen molar-refractivity contribution in [2.45, 2.75) is 25.5 Å². The van der Waals surface area contributed by atoms with Gasteiger partial charge in [0.1, 0.15) is 6.61 Å². The van der Waals surface area contributed by atoms with Gasteiger partial charge in [-0.25, -0.2) is 13.2 Å². The minimum atomic E-state index is -3.39. The molecule has 2 aliphatic rings. The number of carbonyl (C=O) groups is 1. The molecule has 2 aliphatic heterocycles. The number of ether oxygens (including phenoxy) is 2. The lowest BCUT2D eigenvalue weighted by molar-refractivity contribution is -0.0358. The van der Waals surface area contributed by atoms with Gasteiger partial charge in [-0.15, -0.1) is 0 Å². The fraction of sp³-hybridized carbons (Fsp3) is 0.632. The summed E-state index contributed by atoms with van der Waals surface area (Å²) in [5.74, 6) is -0.0410. The number of methoxy groups -OCH3 is 1. The molecule has 2 saturated heterocycles. The summed E-state index contributed by atoms with van der Waals surface area (Å²) < 4.78 is 37.1. The number of likely N-dealkylation sites (tertiary alicyclic amines) is 1. The van der Waals surface area contributed by atoms with E-state index in [0.717, 1.165) is 5.56 Å². The third-order valence-electron chi connectivity index (χ3n) is 5.74. The molecule has 9 heteroatoms. The van der Waals surface area contributed by atoms with Crippen LogP contribution < -0.4 is 0 Å². The van der Waals surface area contributed by atoms with Gasteiger partial charge in [0.25, 0.3) is 0 Å². The van der Waals surface area contributed by atoms with E-state index in [-0.39, 0.29) is 38.1 Å². The molecule has 3 rings (SSSR count). The first-order valence-electron chi connectivity index (χ1n) is 9.47. The number of aliphatic hydroxyl groups is 1. The first kappa shape index (κ1) is 21.0. The fourth-order valence-corrected chi connectivity index (χ4v) is 6.13. The van der Waals surface area contributed by atoms with Crippen molar-refractivity contribution in [3.63, 3.8) is 0 Å². The molecule has 2 unspecified atom stereocenters. The van der Waals surface area contributed by atoms with E-state index in [9.17, 15) is 18.3 Å². The Bertz CT molecular complexity index is 772. The zero-order valence-electron chi connectivity index (χ0n) is 16.1. The van der Waals surface area contributed by atoms with E-state index >= 15 is 0 Å². The molecule has 1 aromatic carbocycles. The molecule has 2 atom stereocenters. The molecule has 1 aromatic rings. The summed E-state index contributed by atoms with van der Waals surface area (Å²) >= 11 is 0. The molecule has 0 aliphatic carbocycles. The van der Waals surface area contributed by atoms with Crippen molar-refractivity contribution in [2.75, 3.05) is 45.7 Å². The summed E-state index contributed by atoms with van der Waals surface area (Å²) in [6.07, 6.45) is 0.346. The maximum Gasteiger partial charge on any atom is 0.410 e. The summed E-state index contributed by atoms with van der Waals surface area (Å²) in [6, 6.07) is 9.08. The van der Waals surface area contributed by atoms with E-state index < -0.39 is 21.5 Å². The molecule has 28 heavy (non-hydrogen) atoms. The van der Waals surface area contributed by atoms with Crippen LogP contribution in [0.15, 0.2) is 30.3 Å². The zero-order chi connectivity index (χ0) is 20.2. The number of hydrogen-bond acceptors (Lipinski definition) is 6. The van der Waals surface area contributed by atoms with Crippen LogP contribution in [0.4, 0.5) is 4.79 Å². The maximum absolute atomic E-state index is 12.6. The first-order valence-corrected chi connectivity index (χ1v) is 11.1. The summed E-state index contributed by atoms with van der Waals surface area (Å²) in [6.45, 7) is 1.21. The molecule has 1 amide bonds. The summed E-state index contributed by atoms with van der Waals surface area (Å²) in [5.41, 5.74) is 0.223. The van der Waals surface area contributed by atoms with E-state index in [1.165, 1.54) is 11.4 Å². The van der Waals surface area contributed by atoms with Crippen LogP contribution in [0.5, 0.6) is 0 Å². The van der Waals surface area contributed by atoms with Crippen LogP contribution in [0.1, 0.15) is 18.4 Å². The van der Waals surface area contributed by atoms with Gasteiger partial charge in [-0.1, -0.05) is 30.3 Å². The van der Waals surface area contributed by atoms with Gasteiger partial charge in [-0.3, -0.25) is 0 Å². The number of sulfonamides is 1. The highest BCUT2D eigenvalue weighted by atomic mass is 32.2. The summed E-state index contributed by atoms with van der Waals surface area (Å²) in [5, 5.41) is 10.2. The zero-order valence-corrected chi connectivity index (χ0v) is 16.9. The quantitative estimate of drug-likeness (QED) is 0.751. The van der Waals surface area contributed by atoms with Crippen LogP contribution in [-0.4, -0.2) is 80.6 Å². The Morgan fingerprint density at radius 3 is 2.75 bits per heavy atom. The van der Waals surface area contributed by atoms with Crippen LogP contribution >= 0.6 is 0 Å². The third kappa shape index (κ3) is 4.32. The molecular formula is C19H28N2O6S. The number of nitrogens with zero attached hydrogens (tertiary/aromatic N) is 2. The molecule has 0 radical (unpaired) electrons. The molecule has 0 saturated carbocycles. The van der Waals surface area contributed by atoms with Crippen LogP contribution in [0.3, 0.4) is 0 Å². The number of piperidine rings is 1. The van der Waals surface area contributed by atoms with Crippen molar-refractivity contribution in [3.8, 4) is 0 Å². The van der Waals surface area contributed by atoms with Gasteiger partial charge >= 0.3 is 6.09 Å². The summed E-state index contributed by atoms with van der Waals surface area (Å²) in [4.78, 5) is 14.1. The second-order valence-corrected chi connectivity index (χ2v) is 9.50. The Hall–Kier alpha value is -1.68. The standard InChI is InChI=1S/C19H28N2O6S/c1-26-11-10-21-17-7-9-20(14-19(17,15-22)8-12-28(21,24)25)18(23)27-13-16-5-3-2-4-6-16/h2-6,17,22H,7-15H2,1H3. The van der Waals surface area contributed by atoms with Crippen molar-refractivity contribution in [1.82, 2.24) is 9.21 Å². The Morgan fingerprint density at radius 2 is 2.07 bits per heavy atom. The molecule has 1 N–H and O–H groups in total. The van der Waals surface area contributed by atoms with Gasteiger partial charge in [0.05, 0.1) is 19.0 Å². The second-order valence-electron chi connectivity index (χ2n) is 7.46. The van der Waals surface area contributed by atoms with E-state index in [1.54, 1.807) is 4.90 Å². The van der Waals surface area contributed by atoms with Gasteiger partial charge in [0, 0.05) is 38.2 Å². The highest BCUT2D eigenvalue weighted by molar-refractivity contribution is 7.89. The van der Waals surface area contributed by atoms with Gasteiger partial charge in [-0.2, -0.15) is 4.31 Å². The monoisotopic (exact) mass is 412 g/mol. The van der Waals surface area contributed by atoms with Crippen molar-refractivity contribution in [3.05, 3.63) is 35.9 Å². The average molecular weight is 413 g/mol. The molecule has 2 fully saturated rings. The van der Waals surface area contributed by atoms with Gasteiger partial charge in [0.15, 0.2) is 0 Å². The first-order chi connectivity index (χ1) is 13.4. The normalized spacial score (nSPS) is 27.2. The molecule has 0 spiro atoms. The largest absolute Gasteiger partial charge is 0.445 e. The lowest BCUT2D eigenvalue weighted by Crippen LogP contribution is -2.65. The van der Waals surface area contributed by atoms with Crippen molar-refractivity contribution in [1.29, 1.82) is 0 Å². The number of aliphatic hydroxyl groups excluding tert-OH is 1. The lowest BCUT2D eigenvalue weighted by Gasteiger charge is -2.53. The Labute approximate surface area is 166 Å². The number of amides is 1. The number of carbonyl (C=O) groups excluding carboxylic acids is 1. The highest BCUT2D eigenvalue weighted by Gasteiger charge is 2.53. The van der Waals surface area contributed by atoms with Crippen LogP contribution in [0.25, 0.3) is 0 Å². The highest BCUT2D eigenvalue weighted by Crippen LogP contribution is 2.42. The second kappa shape index (κ2) is 8.77. The fourth-order valence-electron chi connectivity index (χ4n) is 4.16. The van der Waals surface area contributed by atoms with E-state index in [2.05, 4.69) is 0 Å². The summed E-state index contributed by atoms with van der Waals surface area (Å²) in [7, 11) is -1.86. The predicted octanol–water partition coefficient (Wildman–Crippen LogP) is 1.06. The van der Waals surface area contributed by atoms with E-state index in [1.807, 2.05) is 30.3 Å². The molecule has 156 valence electrons. The van der Waals surface area contributed by atoms with Crippen molar-refractivity contribution < 1.29 is 27.8 Å². The molecule has 2 heterocycles. The molecular weight excluding hydrogens is 384 g/mol. The van der Waals surface area contributed by atoms with Crippen LogP contribution in [0, 0.1) is 5.41 Å². The van der Waals surface area contributed by atoms with E-state index in [0.29, 0.717) is 26.0 Å². The Balaban J connectivity index is 1.70. The topological polar surface area (TPSA) is 96.4 Å². The maximum atomic E-state index is 12.6. The number of hydrogen-bond donors (Lipinski definition) is 1. The predicted molar refractivity (Wildman–Crippen MR) is 103 cm³/mol. The molecule has 8 nitrogen and oxygen atoms in total. The minimum Gasteiger partial charge on any atom is -0.445 e. The van der Waals surface area contributed by atoms with Gasteiger partial charge < -0.3 is 19.5 Å². The Morgan fingerprint density at radius 1 is 1.32 bits per heavy atom. The SMILES string of the molecule is COCCN1C2CCN(C(=O)OCc3ccccc3)CC2(CO)CCS1(=O)=O. The van der Waals surface area contributed by atoms with Crippen molar-refractivity contribution >= 4 is 16.1 Å². The molecule has 0 bridgehead atoms. The number of benzene rings is 1. The number of rotatable bonds is 6.